The maximum Gasteiger partial charge on any atom is 0.146 e. The lowest BCUT2D eigenvalue weighted by Gasteiger charge is -2.03. The normalized spacial score (nSPS) is 11.5. The molecular weight excluding hydrogens is 248 g/mol. The summed E-state index contributed by atoms with van der Waals surface area (Å²) in [6, 6.07) is 0. The van der Waals surface area contributed by atoms with E-state index >= 15 is 0 Å². The van der Waals surface area contributed by atoms with Crippen LogP contribution in [-0.4, -0.2) is 20.5 Å². The number of hydrogen-bond donors (Lipinski definition) is 0. The van der Waals surface area contributed by atoms with E-state index in [1.54, 1.807) is 7.11 Å². The summed E-state index contributed by atoms with van der Waals surface area (Å²) in [4.78, 5) is 0. The van der Waals surface area contributed by atoms with E-state index in [0.717, 1.165) is 6.61 Å². The van der Waals surface area contributed by atoms with Gasteiger partial charge in [0.05, 0.1) is 0 Å². The first kappa shape index (κ1) is 19.7. The molecule has 120 valence electrons. The van der Waals surface area contributed by atoms with Crippen molar-refractivity contribution in [3.8, 4) is 0 Å². The van der Waals surface area contributed by atoms with E-state index in [-0.39, 0.29) is 0 Å². The molecule has 0 aliphatic carbocycles. The third-order valence-corrected chi connectivity index (χ3v) is 3.48. The molecule has 0 aromatic rings. The first-order valence-electron chi connectivity index (χ1n) is 8.63. The molecule has 20 heavy (non-hydrogen) atoms. The molecule has 2 nitrogen and oxygen atoms in total. The lowest BCUT2D eigenvalue weighted by molar-refractivity contribution is -0.0315. The van der Waals surface area contributed by atoms with Crippen LogP contribution in [0.25, 0.3) is 0 Å². The molecule has 0 aliphatic rings. The molecule has 0 saturated carbocycles. The highest BCUT2D eigenvalue weighted by Crippen LogP contribution is 2.11. The van der Waals surface area contributed by atoms with Crippen LogP contribution in [0.3, 0.4) is 0 Å². The van der Waals surface area contributed by atoms with Crippen molar-refractivity contribution in [1.29, 1.82) is 0 Å². The molecule has 0 N–H and O–H groups in total. The summed E-state index contributed by atoms with van der Waals surface area (Å²) in [5.74, 6) is 0. The maximum atomic E-state index is 5.26. The maximum absolute atomic E-state index is 5.26. The van der Waals surface area contributed by atoms with Crippen LogP contribution in [0.1, 0.15) is 84.0 Å². The van der Waals surface area contributed by atoms with E-state index in [1.807, 2.05) is 0 Å². The first-order valence-corrected chi connectivity index (χ1v) is 8.63. The molecule has 0 rings (SSSR count). The average molecular weight is 284 g/mol. The second-order valence-electron chi connectivity index (χ2n) is 5.55. The Labute approximate surface area is 126 Å². The van der Waals surface area contributed by atoms with Crippen LogP contribution in [0.15, 0.2) is 12.2 Å². The fourth-order valence-corrected chi connectivity index (χ4v) is 2.25. The van der Waals surface area contributed by atoms with E-state index in [0.29, 0.717) is 6.79 Å². The van der Waals surface area contributed by atoms with E-state index in [9.17, 15) is 0 Å². The molecule has 2 heteroatoms. The zero-order valence-electron chi connectivity index (χ0n) is 13.9. The number of allylic oxidation sites excluding steroid dienone is 2. The van der Waals surface area contributed by atoms with Crippen molar-refractivity contribution in [3.63, 3.8) is 0 Å². The van der Waals surface area contributed by atoms with Crippen molar-refractivity contribution in [1.82, 2.24) is 0 Å². The zero-order valence-corrected chi connectivity index (χ0v) is 13.9. The summed E-state index contributed by atoms with van der Waals surface area (Å²) < 4.78 is 10.1. The minimum Gasteiger partial charge on any atom is -0.359 e. The van der Waals surface area contributed by atoms with Crippen molar-refractivity contribution in [2.75, 3.05) is 20.5 Å². The fourth-order valence-electron chi connectivity index (χ4n) is 2.25. The summed E-state index contributed by atoms with van der Waals surface area (Å²) in [7, 11) is 1.67. The quantitative estimate of drug-likeness (QED) is 0.201. The molecule has 0 aliphatic heterocycles. The Morgan fingerprint density at radius 2 is 1.25 bits per heavy atom. The van der Waals surface area contributed by atoms with Crippen LogP contribution in [0.2, 0.25) is 0 Å². The van der Waals surface area contributed by atoms with Gasteiger partial charge in [-0.15, -0.1) is 0 Å². The summed E-state index contributed by atoms with van der Waals surface area (Å²) in [6.45, 7) is 3.52. The number of methoxy groups -OCH3 is 1. The minimum absolute atomic E-state index is 0.438. The Morgan fingerprint density at radius 3 is 1.85 bits per heavy atom. The van der Waals surface area contributed by atoms with Crippen molar-refractivity contribution in [3.05, 3.63) is 12.2 Å². The third kappa shape index (κ3) is 17.7. The van der Waals surface area contributed by atoms with Gasteiger partial charge in [0.25, 0.3) is 0 Å². The summed E-state index contributed by atoms with van der Waals surface area (Å²) in [5.41, 5.74) is 0. The molecule has 0 aromatic heterocycles. The first-order chi connectivity index (χ1) is 9.91. The summed E-state index contributed by atoms with van der Waals surface area (Å²) >= 11 is 0. The predicted octanol–water partition coefficient (Wildman–Crippen LogP) is 5.86. The van der Waals surface area contributed by atoms with E-state index < -0.39 is 0 Å². The molecule has 0 fully saturated rings. The molecular formula is C18H36O2. The molecule has 0 saturated heterocycles. The Hall–Kier alpha value is -0.340. The van der Waals surface area contributed by atoms with Gasteiger partial charge in [-0.3, -0.25) is 0 Å². The minimum atomic E-state index is 0.438. The van der Waals surface area contributed by atoms with Gasteiger partial charge in [-0.05, 0) is 25.7 Å². The summed E-state index contributed by atoms with van der Waals surface area (Å²) in [5, 5.41) is 0. The van der Waals surface area contributed by atoms with Gasteiger partial charge in [-0.25, -0.2) is 0 Å². The Morgan fingerprint density at radius 1 is 0.700 bits per heavy atom. The van der Waals surface area contributed by atoms with Crippen LogP contribution in [-0.2, 0) is 9.47 Å². The SMILES string of the molecule is CCC/C=C\CCCCCCCCCCCOCOC. The molecule has 0 atom stereocenters. The third-order valence-electron chi connectivity index (χ3n) is 3.48. The van der Waals surface area contributed by atoms with Crippen molar-refractivity contribution >= 4 is 0 Å². The highest BCUT2D eigenvalue weighted by molar-refractivity contribution is 4.80. The molecule has 0 amide bonds. The van der Waals surface area contributed by atoms with Gasteiger partial charge in [0.2, 0.25) is 0 Å². The van der Waals surface area contributed by atoms with Crippen LogP contribution in [0.5, 0.6) is 0 Å². The number of hydrogen-bond acceptors (Lipinski definition) is 2. The van der Waals surface area contributed by atoms with Gasteiger partial charge in [0.15, 0.2) is 0 Å². The van der Waals surface area contributed by atoms with Crippen LogP contribution in [0.4, 0.5) is 0 Å². The second kappa shape index (κ2) is 18.7. The van der Waals surface area contributed by atoms with Gasteiger partial charge in [-0.2, -0.15) is 0 Å². The van der Waals surface area contributed by atoms with Gasteiger partial charge < -0.3 is 9.47 Å². The van der Waals surface area contributed by atoms with Crippen molar-refractivity contribution in [2.24, 2.45) is 0 Å². The van der Waals surface area contributed by atoms with Gasteiger partial charge in [0.1, 0.15) is 6.79 Å². The largest absolute Gasteiger partial charge is 0.359 e. The van der Waals surface area contributed by atoms with Crippen molar-refractivity contribution in [2.45, 2.75) is 84.0 Å². The lowest BCUT2D eigenvalue weighted by atomic mass is 10.1. The average Bonchev–Trinajstić information content (AvgIpc) is 2.47. The number of rotatable bonds is 16. The van der Waals surface area contributed by atoms with Crippen LogP contribution >= 0.6 is 0 Å². The Balaban J connectivity index is 2.96. The second-order valence-corrected chi connectivity index (χ2v) is 5.55. The van der Waals surface area contributed by atoms with Crippen LogP contribution in [0, 0.1) is 0 Å². The van der Waals surface area contributed by atoms with Crippen molar-refractivity contribution < 1.29 is 9.47 Å². The van der Waals surface area contributed by atoms with E-state index in [2.05, 4.69) is 19.1 Å². The van der Waals surface area contributed by atoms with Gasteiger partial charge >= 0.3 is 0 Å². The predicted molar refractivity (Wildman–Crippen MR) is 88.0 cm³/mol. The topological polar surface area (TPSA) is 18.5 Å². The smallest absolute Gasteiger partial charge is 0.146 e. The molecule has 0 heterocycles. The Kier molecular flexibility index (Phi) is 18.3. The van der Waals surface area contributed by atoms with Crippen LogP contribution < -0.4 is 0 Å². The highest BCUT2D eigenvalue weighted by atomic mass is 16.7. The Bertz CT molecular complexity index is 190. The fraction of sp³-hybridized carbons (Fsp3) is 0.889. The van der Waals surface area contributed by atoms with E-state index in [1.165, 1.54) is 77.0 Å². The van der Waals surface area contributed by atoms with Gasteiger partial charge in [-0.1, -0.05) is 70.4 Å². The zero-order chi connectivity index (χ0) is 14.7. The molecule has 0 radical (unpaired) electrons. The molecule has 0 aromatic carbocycles. The van der Waals surface area contributed by atoms with E-state index in [4.69, 9.17) is 9.47 Å². The summed E-state index contributed by atoms with van der Waals surface area (Å²) in [6.07, 6.45) is 20.7. The highest BCUT2D eigenvalue weighted by Gasteiger charge is 1.93. The van der Waals surface area contributed by atoms with Gasteiger partial charge in [0, 0.05) is 13.7 Å². The molecule has 0 spiro atoms. The lowest BCUT2D eigenvalue weighted by Crippen LogP contribution is -1.98. The monoisotopic (exact) mass is 284 g/mol. The number of ether oxygens (including phenoxy) is 2. The molecule has 0 unspecified atom stereocenters. The number of unbranched alkanes of at least 4 members (excludes halogenated alkanes) is 10. The standard InChI is InChI=1S/C18H36O2/c1-3-4-5-6-7-8-9-10-11-12-13-14-15-16-17-20-18-19-2/h5-6H,3-4,7-18H2,1-2H3/b6-5-. The molecule has 0 bridgehead atoms.